The van der Waals surface area contributed by atoms with Gasteiger partial charge >= 0.3 is 0 Å². The van der Waals surface area contributed by atoms with Crippen molar-refractivity contribution in [2.45, 2.75) is 30.7 Å². The zero-order valence-electron chi connectivity index (χ0n) is 13.9. The summed E-state index contributed by atoms with van der Waals surface area (Å²) in [4.78, 5) is 14.0. The summed E-state index contributed by atoms with van der Waals surface area (Å²) in [5, 5.41) is 0.998. The van der Waals surface area contributed by atoms with Crippen LogP contribution in [0.25, 0.3) is 0 Å². The van der Waals surface area contributed by atoms with E-state index in [0.29, 0.717) is 6.04 Å². The molecule has 1 fully saturated rings. The lowest BCUT2D eigenvalue weighted by atomic mass is 10.2. The fourth-order valence-electron chi connectivity index (χ4n) is 2.76. The molecule has 4 nitrogen and oxygen atoms in total. The topological polar surface area (TPSA) is 32.3 Å². The standard InChI is InChI=1S/C18H24N4S/c1-15(2)21-8-10-22(11-9-21)17-12-19-13-18(20-17)23-14-16-6-4-3-5-7-16/h3-7,12-13,15H,8-11,14H2,1-2H3. The lowest BCUT2D eigenvalue weighted by molar-refractivity contribution is 0.209. The summed E-state index contributed by atoms with van der Waals surface area (Å²) in [6, 6.07) is 11.1. The van der Waals surface area contributed by atoms with Gasteiger partial charge < -0.3 is 4.90 Å². The molecule has 0 radical (unpaired) electrons. The van der Waals surface area contributed by atoms with Gasteiger partial charge in [0.2, 0.25) is 0 Å². The van der Waals surface area contributed by atoms with Crippen LogP contribution in [0, 0.1) is 0 Å². The molecule has 2 aromatic rings. The first-order chi connectivity index (χ1) is 11.2. The second-order valence-electron chi connectivity index (χ2n) is 6.11. The number of benzene rings is 1. The molecular weight excluding hydrogens is 304 g/mol. The van der Waals surface area contributed by atoms with Gasteiger partial charge in [-0.1, -0.05) is 30.3 Å². The molecule has 5 heteroatoms. The van der Waals surface area contributed by atoms with Gasteiger partial charge in [-0.15, -0.1) is 11.8 Å². The number of hydrogen-bond acceptors (Lipinski definition) is 5. The molecule has 1 aliphatic rings. The Morgan fingerprint density at radius 3 is 2.48 bits per heavy atom. The van der Waals surface area contributed by atoms with E-state index in [-0.39, 0.29) is 0 Å². The fourth-order valence-corrected chi connectivity index (χ4v) is 3.56. The number of piperazine rings is 1. The Kier molecular flexibility index (Phi) is 5.51. The van der Waals surface area contributed by atoms with Crippen molar-refractivity contribution < 1.29 is 0 Å². The summed E-state index contributed by atoms with van der Waals surface area (Å²) >= 11 is 1.75. The van der Waals surface area contributed by atoms with Crippen molar-refractivity contribution in [1.29, 1.82) is 0 Å². The van der Waals surface area contributed by atoms with Gasteiger partial charge in [-0.2, -0.15) is 0 Å². The van der Waals surface area contributed by atoms with Gasteiger partial charge in [0.25, 0.3) is 0 Å². The molecule has 0 unspecified atom stereocenters. The van der Waals surface area contributed by atoms with Gasteiger partial charge in [0.1, 0.15) is 10.8 Å². The Hall–Kier alpha value is -1.59. The maximum absolute atomic E-state index is 4.79. The van der Waals surface area contributed by atoms with Gasteiger partial charge in [-0.3, -0.25) is 9.88 Å². The largest absolute Gasteiger partial charge is 0.353 e. The van der Waals surface area contributed by atoms with Gasteiger partial charge in [0, 0.05) is 38.0 Å². The smallest absolute Gasteiger partial charge is 0.148 e. The zero-order chi connectivity index (χ0) is 16.1. The Bertz CT molecular complexity index is 609. The minimum absolute atomic E-state index is 0.621. The second-order valence-corrected chi connectivity index (χ2v) is 7.10. The van der Waals surface area contributed by atoms with Gasteiger partial charge in [0.15, 0.2) is 0 Å². The lowest BCUT2D eigenvalue weighted by Gasteiger charge is -2.37. The quantitative estimate of drug-likeness (QED) is 0.786. The van der Waals surface area contributed by atoms with Crippen molar-refractivity contribution in [1.82, 2.24) is 14.9 Å². The molecule has 0 saturated carbocycles. The normalized spacial score (nSPS) is 16.0. The van der Waals surface area contributed by atoms with E-state index in [4.69, 9.17) is 4.98 Å². The molecule has 0 N–H and O–H groups in total. The van der Waals surface area contributed by atoms with Crippen molar-refractivity contribution in [3.05, 3.63) is 48.3 Å². The van der Waals surface area contributed by atoms with E-state index in [0.717, 1.165) is 42.8 Å². The first kappa shape index (κ1) is 16.3. The molecule has 0 bridgehead atoms. The summed E-state index contributed by atoms with van der Waals surface area (Å²) in [6.07, 6.45) is 3.75. The highest BCUT2D eigenvalue weighted by Crippen LogP contribution is 2.23. The van der Waals surface area contributed by atoms with E-state index < -0.39 is 0 Å². The molecule has 0 spiro atoms. The molecule has 1 aromatic heterocycles. The molecule has 2 heterocycles. The highest BCUT2D eigenvalue weighted by Gasteiger charge is 2.20. The minimum atomic E-state index is 0.621. The number of aromatic nitrogens is 2. The van der Waals surface area contributed by atoms with Crippen LogP contribution in [0.2, 0.25) is 0 Å². The van der Waals surface area contributed by atoms with Crippen LogP contribution in [-0.2, 0) is 5.75 Å². The second kappa shape index (κ2) is 7.79. The molecule has 1 aromatic carbocycles. The first-order valence-corrected chi connectivity index (χ1v) is 9.19. The minimum Gasteiger partial charge on any atom is -0.353 e. The average molecular weight is 328 g/mol. The van der Waals surface area contributed by atoms with Crippen molar-refractivity contribution in [2.24, 2.45) is 0 Å². The Labute approximate surface area is 142 Å². The van der Waals surface area contributed by atoms with Gasteiger partial charge in [-0.05, 0) is 19.4 Å². The van der Waals surface area contributed by atoms with Crippen LogP contribution >= 0.6 is 11.8 Å². The summed E-state index contributed by atoms with van der Waals surface area (Å²) in [5.74, 6) is 1.94. The molecule has 23 heavy (non-hydrogen) atoms. The maximum atomic E-state index is 4.79. The average Bonchev–Trinajstić information content (AvgIpc) is 2.61. The van der Waals surface area contributed by atoms with Crippen molar-refractivity contribution in [3.63, 3.8) is 0 Å². The molecule has 0 amide bonds. The predicted octanol–water partition coefficient (Wildman–Crippen LogP) is 3.30. The van der Waals surface area contributed by atoms with E-state index in [9.17, 15) is 0 Å². The van der Waals surface area contributed by atoms with Crippen LogP contribution in [0.5, 0.6) is 0 Å². The van der Waals surface area contributed by atoms with Crippen LogP contribution in [-0.4, -0.2) is 47.1 Å². The highest BCUT2D eigenvalue weighted by molar-refractivity contribution is 7.98. The van der Waals surface area contributed by atoms with E-state index in [1.165, 1.54) is 5.56 Å². The summed E-state index contributed by atoms with van der Waals surface area (Å²) in [6.45, 7) is 8.77. The van der Waals surface area contributed by atoms with Crippen LogP contribution in [0.4, 0.5) is 5.82 Å². The third-order valence-corrected chi connectivity index (χ3v) is 5.17. The molecule has 1 aliphatic heterocycles. The molecule has 3 rings (SSSR count). The van der Waals surface area contributed by atoms with Crippen molar-refractivity contribution >= 4 is 17.6 Å². The third kappa shape index (κ3) is 4.45. The van der Waals surface area contributed by atoms with Crippen LogP contribution in [0.15, 0.2) is 47.8 Å². The zero-order valence-corrected chi connectivity index (χ0v) is 14.7. The van der Waals surface area contributed by atoms with E-state index >= 15 is 0 Å². The lowest BCUT2D eigenvalue weighted by Crippen LogP contribution is -2.49. The predicted molar refractivity (Wildman–Crippen MR) is 97.0 cm³/mol. The SMILES string of the molecule is CC(C)N1CCN(c2cncc(SCc3ccccc3)n2)CC1. The highest BCUT2D eigenvalue weighted by atomic mass is 32.2. The number of anilines is 1. The van der Waals surface area contributed by atoms with Crippen molar-refractivity contribution in [3.8, 4) is 0 Å². The van der Waals surface area contributed by atoms with E-state index in [1.54, 1.807) is 11.8 Å². The Balaban J connectivity index is 1.59. The molecule has 1 saturated heterocycles. The van der Waals surface area contributed by atoms with Crippen molar-refractivity contribution in [2.75, 3.05) is 31.1 Å². The monoisotopic (exact) mass is 328 g/mol. The van der Waals surface area contributed by atoms with Gasteiger partial charge in [0.05, 0.1) is 12.4 Å². The third-order valence-electron chi connectivity index (χ3n) is 4.20. The van der Waals surface area contributed by atoms with Gasteiger partial charge in [-0.25, -0.2) is 4.98 Å². The van der Waals surface area contributed by atoms with E-state index in [1.807, 2.05) is 18.5 Å². The Morgan fingerprint density at radius 2 is 1.78 bits per heavy atom. The molecule has 0 atom stereocenters. The number of thioether (sulfide) groups is 1. The maximum Gasteiger partial charge on any atom is 0.148 e. The van der Waals surface area contributed by atoms with Crippen LogP contribution in [0.1, 0.15) is 19.4 Å². The first-order valence-electron chi connectivity index (χ1n) is 8.20. The molecule has 0 aliphatic carbocycles. The summed E-state index contributed by atoms with van der Waals surface area (Å²) in [7, 11) is 0. The van der Waals surface area contributed by atoms with E-state index in [2.05, 4.69) is 52.9 Å². The number of hydrogen-bond donors (Lipinski definition) is 0. The summed E-state index contributed by atoms with van der Waals surface area (Å²) in [5.41, 5.74) is 1.32. The number of rotatable bonds is 5. The van der Waals surface area contributed by atoms with Crippen LogP contribution < -0.4 is 4.90 Å². The van der Waals surface area contributed by atoms with Crippen LogP contribution in [0.3, 0.4) is 0 Å². The fraction of sp³-hybridized carbons (Fsp3) is 0.444. The molecular formula is C18H24N4S. The number of nitrogens with zero attached hydrogens (tertiary/aromatic N) is 4. The Morgan fingerprint density at radius 1 is 1.04 bits per heavy atom. The summed E-state index contributed by atoms with van der Waals surface area (Å²) < 4.78 is 0. The molecule has 122 valence electrons.